The molecule has 1 atom stereocenters. The fourth-order valence-corrected chi connectivity index (χ4v) is 1.55. The van der Waals surface area contributed by atoms with Crippen molar-refractivity contribution in [2.24, 2.45) is 5.92 Å². The van der Waals surface area contributed by atoms with Crippen LogP contribution in [0.2, 0.25) is 0 Å². The molecule has 0 heterocycles. The molecule has 0 saturated heterocycles. The zero-order chi connectivity index (χ0) is 13.5. The average molecular weight is 253 g/mol. The lowest BCUT2D eigenvalue weighted by molar-refractivity contribution is 0.0595. The first kappa shape index (κ1) is 14.6. The van der Waals surface area contributed by atoms with Crippen LogP contribution in [0.5, 0.6) is 0 Å². The van der Waals surface area contributed by atoms with Crippen LogP contribution in [-0.4, -0.2) is 19.6 Å². The SMILES string of the molecule is CCC(C)CNCc1ccc(C(=O)OC)c(F)c1. The molecule has 1 rings (SSSR count). The molecule has 0 saturated carbocycles. The monoisotopic (exact) mass is 253 g/mol. The van der Waals surface area contributed by atoms with Gasteiger partial charge in [-0.15, -0.1) is 0 Å². The second-order valence-corrected chi connectivity index (χ2v) is 4.45. The highest BCUT2D eigenvalue weighted by Gasteiger charge is 2.12. The average Bonchev–Trinajstić information content (AvgIpc) is 2.37. The number of ether oxygens (including phenoxy) is 1. The molecule has 0 aliphatic heterocycles. The zero-order valence-corrected chi connectivity index (χ0v) is 11.1. The van der Waals surface area contributed by atoms with Crippen molar-refractivity contribution in [3.05, 3.63) is 35.1 Å². The Balaban J connectivity index is 2.59. The fraction of sp³-hybridized carbons (Fsp3) is 0.500. The maximum Gasteiger partial charge on any atom is 0.340 e. The van der Waals surface area contributed by atoms with Crippen molar-refractivity contribution < 1.29 is 13.9 Å². The molecule has 4 heteroatoms. The minimum atomic E-state index is -0.647. The summed E-state index contributed by atoms with van der Waals surface area (Å²) in [4.78, 5) is 11.2. The van der Waals surface area contributed by atoms with Crippen LogP contribution in [0.1, 0.15) is 36.2 Å². The van der Waals surface area contributed by atoms with Gasteiger partial charge in [0.15, 0.2) is 0 Å². The fourth-order valence-electron chi connectivity index (χ4n) is 1.55. The van der Waals surface area contributed by atoms with E-state index in [0.717, 1.165) is 18.5 Å². The molecule has 1 unspecified atom stereocenters. The molecule has 0 spiro atoms. The van der Waals surface area contributed by atoms with E-state index < -0.39 is 11.8 Å². The van der Waals surface area contributed by atoms with Gasteiger partial charge in [0.1, 0.15) is 5.82 Å². The predicted octanol–water partition coefficient (Wildman–Crippen LogP) is 2.75. The standard InChI is InChI=1S/C14H20FNO2/c1-4-10(2)8-16-9-11-5-6-12(13(15)7-11)14(17)18-3/h5-7,10,16H,4,8-9H2,1-3H3. The highest BCUT2D eigenvalue weighted by molar-refractivity contribution is 5.89. The van der Waals surface area contributed by atoms with E-state index in [1.807, 2.05) is 0 Å². The van der Waals surface area contributed by atoms with Gasteiger partial charge in [-0.2, -0.15) is 0 Å². The van der Waals surface area contributed by atoms with Gasteiger partial charge in [0.2, 0.25) is 0 Å². The quantitative estimate of drug-likeness (QED) is 0.792. The van der Waals surface area contributed by atoms with E-state index in [0.29, 0.717) is 12.5 Å². The number of benzene rings is 1. The predicted molar refractivity (Wildman–Crippen MR) is 68.9 cm³/mol. The Bertz CT molecular complexity index is 407. The second kappa shape index (κ2) is 7.11. The summed E-state index contributed by atoms with van der Waals surface area (Å²) in [5.41, 5.74) is 0.798. The van der Waals surface area contributed by atoms with Gasteiger partial charge in [0.05, 0.1) is 12.7 Å². The highest BCUT2D eigenvalue weighted by atomic mass is 19.1. The molecule has 0 fully saturated rings. The van der Waals surface area contributed by atoms with Crippen LogP contribution in [0.25, 0.3) is 0 Å². The molecule has 100 valence electrons. The minimum absolute atomic E-state index is 0.0248. The first-order chi connectivity index (χ1) is 8.58. The van der Waals surface area contributed by atoms with Crippen molar-refractivity contribution in [3.63, 3.8) is 0 Å². The van der Waals surface area contributed by atoms with E-state index in [2.05, 4.69) is 23.9 Å². The number of hydrogen-bond donors (Lipinski definition) is 1. The van der Waals surface area contributed by atoms with Crippen molar-refractivity contribution in [2.75, 3.05) is 13.7 Å². The number of nitrogens with one attached hydrogen (secondary N) is 1. The van der Waals surface area contributed by atoms with Gasteiger partial charge in [0, 0.05) is 6.54 Å². The molecule has 0 amide bonds. The molecule has 0 aromatic heterocycles. The first-order valence-electron chi connectivity index (χ1n) is 6.16. The Labute approximate surface area is 107 Å². The van der Waals surface area contributed by atoms with Crippen LogP contribution in [0.4, 0.5) is 4.39 Å². The normalized spacial score (nSPS) is 12.2. The smallest absolute Gasteiger partial charge is 0.340 e. The summed E-state index contributed by atoms with van der Waals surface area (Å²) in [6.07, 6.45) is 1.11. The van der Waals surface area contributed by atoms with Crippen molar-refractivity contribution in [2.45, 2.75) is 26.8 Å². The van der Waals surface area contributed by atoms with Gasteiger partial charge >= 0.3 is 5.97 Å². The molecule has 1 N–H and O–H groups in total. The van der Waals surface area contributed by atoms with Gasteiger partial charge in [-0.3, -0.25) is 0 Å². The molecule has 0 aliphatic carbocycles. The number of methoxy groups -OCH3 is 1. The maximum atomic E-state index is 13.6. The molecule has 1 aromatic carbocycles. The lowest BCUT2D eigenvalue weighted by atomic mass is 10.1. The van der Waals surface area contributed by atoms with E-state index in [9.17, 15) is 9.18 Å². The zero-order valence-electron chi connectivity index (χ0n) is 11.1. The minimum Gasteiger partial charge on any atom is -0.465 e. The lowest BCUT2D eigenvalue weighted by Crippen LogP contribution is -2.20. The van der Waals surface area contributed by atoms with E-state index in [1.54, 1.807) is 6.07 Å². The number of hydrogen-bond acceptors (Lipinski definition) is 3. The van der Waals surface area contributed by atoms with Crippen LogP contribution < -0.4 is 5.32 Å². The molecule has 3 nitrogen and oxygen atoms in total. The van der Waals surface area contributed by atoms with Crippen LogP contribution in [0.15, 0.2) is 18.2 Å². The third-order valence-electron chi connectivity index (χ3n) is 2.96. The Kier molecular flexibility index (Phi) is 5.78. The van der Waals surface area contributed by atoms with Gasteiger partial charge in [-0.1, -0.05) is 26.3 Å². The largest absolute Gasteiger partial charge is 0.465 e. The summed E-state index contributed by atoms with van der Waals surface area (Å²) >= 11 is 0. The van der Waals surface area contributed by atoms with Crippen molar-refractivity contribution in [1.29, 1.82) is 0 Å². The summed E-state index contributed by atoms with van der Waals surface area (Å²) in [7, 11) is 1.24. The highest BCUT2D eigenvalue weighted by Crippen LogP contribution is 2.11. The van der Waals surface area contributed by atoms with Gasteiger partial charge in [-0.05, 0) is 30.2 Å². The molecule has 0 radical (unpaired) electrons. The number of rotatable bonds is 6. The Hall–Kier alpha value is -1.42. The van der Waals surface area contributed by atoms with E-state index in [-0.39, 0.29) is 5.56 Å². The van der Waals surface area contributed by atoms with Gasteiger partial charge < -0.3 is 10.1 Å². The van der Waals surface area contributed by atoms with Crippen LogP contribution in [0, 0.1) is 11.7 Å². The summed E-state index contributed by atoms with van der Waals surface area (Å²) < 4.78 is 18.1. The Morgan fingerprint density at radius 3 is 2.78 bits per heavy atom. The van der Waals surface area contributed by atoms with E-state index in [4.69, 9.17) is 0 Å². The van der Waals surface area contributed by atoms with Crippen molar-refractivity contribution in [3.8, 4) is 0 Å². The summed E-state index contributed by atoms with van der Waals surface area (Å²) in [6.45, 7) is 5.80. The van der Waals surface area contributed by atoms with Crippen molar-refractivity contribution in [1.82, 2.24) is 5.32 Å². The van der Waals surface area contributed by atoms with E-state index in [1.165, 1.54) is 19.2 Å². The van der Waals surface area contributed by atoms with Crippen LogP contribution in [-0.2, 0) is 11.3 Å². The number of halogens is 1. The molecular formula is C14H20FNO2. The molecule has 1 aromatic rings. The summed E-state index contributed by atoms with van der Waals surface area (Å²) in [5.74, 6) is -0.583. The number of carbonyl (C=O) groups excluding carboxylic acids is 1. The summed E-state index contributed by atoms with van der Waals surface area (Å²) in [6, 6.07) is 4.57. The number of esters is 1. The number of carbonyl (C=O) groups is 1. The third kappa shape index (κ3) is 4.11. The first-order valence-corrected chi connectivity index (χ1v) is 6.16. The molecule has 0 bridgehead atoms. The van der Waals surface area contributed by atoms with Crippen LogP contribution >= 0.6 is 0 Å². The third-order valence-corrected chi connectivity index (χ3v) is 2.96. The Morgan fingerprint density at radius 2 is 2.22 bits per heavy atom. The topological polar surface area (TPSA) is 38.3 Å². The van der Waals surface area contributed by atoms with E-state index >= 15 is 0 Å². The second-order valence-electron chi connectivity index (χ2n) is 4.45. The Morgan fingerprint density at radius 1 is 1.50 bits per heavy atom. The van der Waals surface area contributed by atoms with Gasteiger partial charge in [-0.25, -0.2) is 9.18 Å². The molecular weight excluding hydrogens is 233 g/mol. The van der Waals surface area contributed by atoms with Gasteiger partial charge in [0.25, 0.3) is 0 Å². The maximum absolute atomic E-state index is 13.6. The summed E-state index contributed by atoms with van der Waals surface area (Å²) in [5, 5.41) is 3.26. The van der Waals surface area contributed by atoms with Crippen molar-refractivity contribution >= 4 is 5.97 Å². The van der Waals surface area contributed by atoms with Crippen LogP contribution in [0.3, 0.4) is 0 Å². The lowest BCUT2D eigenvalue weighted by Gasteiger charge is -2.10. The molecule has 18 heavy (non-hydrogen) atoms. The molecule has 0 aliphatic rings.